The summed E-state index contributed by atoms with van der Waals surface area (Å²) >= 11 is 0. The van der Waals surface area contributed by atoms with E-state index in [-0.39, 0.29) is 6.61 Å². The third-order valence-corrected chi connectivity index (χ3v) is 2.57. The van der Waals surface area contributed by atoms with Crippen LogP contribution in [0.25, 0.3) is 0 Å². The summed E-state index contributed by atoms with van der Waals surface area (Å²) in [7, 11) is 0. The zero-order chi connectivity index (χ0) is 10.8. The number of nitrogen functional groups attached to an aromatic ring is 1. The number of aryl methyl sites for hydroxylation is 1. The molecule has 1 atom stereocenters. The predicted molar refractivity (Wildman–Crippen MR) is 58.8 cm³/mol. The number of aliphatic hydroxyl groups is 1. The maximum Gasteiger partial charge on any atom is 0.0451 e. The van der Waals surface area contributed by atoms with Crippen molar-refractivity contribution in [3.63, 3.8) is 0 Å². The van der Waals surface area contributed by atoms with Crippen molar-refractivity contribution in [1.82, 2.24) is 0 Å². The molecule has 78 valence electrons. The van der Waals surface area contributed by atoms with E-state index < -0.39 is 5.54 Å². The van der Waals surface area contributed by atoms with E-state index >= 15 is 0 Å². The lowest BCUT2D eigenvalue weighted by atomic mass is 9.87. The van der Waals surface area contributed by atoms with Crippen LogP contribution in [0.5, 0.6) is 0 Å². The van der Waals surface area contributed by atoms with Crippen LogP contribution in [-0.2, 0) is 5.54 Å². The molecule has 0 bridgehead atoms. The van der Waals surface area contributed by atoms with Crippen molar-refractivity contribution in [1.29, 1.82) is 0 Å². The quantitative estimate of drug-likeness (QED) is 0.632. The average molecular weight is 194 g/mol. The van der Waals surface area contributed by atoms with Crippen LogP contribution in [-0.4, -0.2) is 11.7 Å². The van der Waals surface area contributed by atoms with Crippen LogP contribution in [0.4, 0.5) is 5.69 Å². The third kappa shape index (κ3) is 2.05. The second-order valence-electron chi connectivity index (χ2n) is 3.93. The van der Waals surface area contributed by atoms with Gasteiger partial charge >= 0.3 is 0 Å². The number of rotatable bonds is 3. The highest BCUT2D eigenvalue weighted by atomic mass is 16.3. The van der Waals surface area contributed by atoms with Crippen molar-refractivity contribution < 1.29 is 5.11 Å². The van der Waals surface area contributed by atoms with E-state index in [1.807, 2.05) is 32.0 Å². The Morgan fingerprint density at radius 2 is 2.07 bits per heavy atom. The van der Waals surface area contributed by atoms with E-state index in [0.717, 1.165) is 16.8 Å². The van der Waals surface area contributed by atoms with Gasteiger partial charge in [-0.05, 0) is 31.4 Å². The summed E-state index contributed by atoms with van der Waals surface area (Å²) in [4.78, 5) is 0. The topological polar surface area (TPSA) is 72.3 Å². The predicted octanol–water partition coefficient (Wildman–Crippen LogP) is 1.13. The Balaban J connectivity index is 3.12. The normalized spacial score (nSPS) is 15.1. The molecule has 3 heteroatoms. The van der Waals surface area contributed by atoms with Gasteiger partial charge < -0.3 is 16.6 Å². The number of anilines is 1. The number of hydrogen-bond donors (Lipinski definition) is 3. The Bertz CT molecular complexity index is 321. The van der Waals surface area contributed by atoms with Crippen molar-refractivity contribution in [2.24, 2.45) is 5.73 Å². The third-order valence-electron chi connectivity index (χ3n) is 2.57. The summed E-state index contributed by atoms with van der Waals surface area (Å²) in [5.74, 6) is 0. The molecule has 0 aliphatic rings. The second kappa shape index (κ2) is 3.98. The maximum absolute atomic E-state index is 8.90. The van der Waals surface area contributed by atoms with E-state index in [4.69, 9.17) is 16.6 Å². The molecule has 0 aromatic heterocycles. The largest absolute Gasteiger partial charge is 0.398 e. The number of hydrogen-bond acceptors (Lipinski definition) is 3. The molecule has 0 saturated heterocycles. The van der Waals surface area contributed by atoms with E-state index in [2.05, 4.69) is 0 Å². The zero-order valence-corrected chi connectivity index (χ0v) is 8.75. The number of para-hydroxylation sites is 1. The second-order valence-corrected chi connectivity index (χ2v) is 3.93. The molecular formula is C11H18N2O. The minimum atomic E-state index is -0.551. The fourth-order valence-corrected chi connectivity index (χ4v) is 1.55. The number of benzene rings is 1. The highest BCUT2D eigenvalue weighted by Crippen LogP contribution is 2.28. The van der Waals surface area contributed by atoms with Gasteiger partial charge in [-0.15, -0.1) is 0 Å². The fraction of sp³-hybridized carbons (Fsp3) is 0.455. The van der Waals surface area contributed by atoms with Gasteiger partial charge in [-0.1, -0.05) is 18.2 Å². The monoisotopic (exact) mass is 194 g/mol. The first kappa shape index (κ1) is 11.0. The summed E-state index contributed by atoms with van der Waals surface area (Å²) in [5, 5.41) is 8.90. The highest BCUT2D eigenvalue weighted by Gasteiger charge is 2.23. The zero-order valence-electron chi connectivity index (χ0n) is 8.75. The van der Waals surface area contributed by atoms with E-state index in [9.17, 15) is 0 Å². The first-order valence-corrected chi connectivity index (χ1v) is 4.74. The minimum Gasteiger partial charge on any atom is -0.398 e. The maximum atomic E-state index is 8.90. The highest BCUT2D eigenvalue weighted by molar-refractivity contribution is 5.55. The molecule has 14 heavy (non-hydrogen) atoms. The van der Waals surface area contributed by atoms with Gasteiger partial charge in [-0.2, -0.15) is 0 Å². The van der Waals surface area contributed by atoms with E-state index in [1.54, 1.807) is 0 Å². The Morgan fingerprint density at radius 1 is 1.43 bits per heavy atom. The molecule has 3 nitrogen and oxygen atoms in total. The van der Waals surface area contributed by atoms with E-state index in [0.29, 0.717) is 6.42 Å². The van der Waals surface area contributed by atoms with Gasteiger partial charge in [0.05, 0.1) is 0 Å². The Kier molecular flexibility index (Phi) is 3.13. The van der Waals surface area contributed by atoms with Gasteiger partial charge in [0.2, 0.25) is 0 Å². The minimum absolute atomic E-state index is 0.0698. The molecule has 5 N–H and O–H groups in total. The van der Waals surface area contributed by atoms with Gasteiger partial charge in [-0.25, -0.2) is 0 Å². The van der Waals surface area contributed by atoms with Crippen LogP contribution in [0, 0.1) is 6.92 Å². The van der Waals surface area contributed by atoms with Crippen LogP contribution in [0.3, 0.4) is 0 Å². The smallest absolute Gasteiger partial charge is 0.0451 e. The Hall–Kier alpha value is -1.06. The summed E-state index contributed by atoms with van der Waals surface area (Å²) in [6, 6.07) is 5.80. The van der Waals surface area contributed by atoms with Crippen LogP contribution in [0.2, 0.25) is 0 Å². The molecule has 1 rings (SSSR count). The van der Waals surface area contributed by atoms with Gasteiger partial charge in [0.15, 0.2) is 0 Å². The van der Waals surface area contributed by atoms with Crippen molar-refractivity contribution in [3.05, 3.63) is 29.3 Å². The molecule has 0 radical (unpaired) electrons. The lowest BCUT2D eigenvalue weighted by Gasteiger charge is -2.26. The Labute approximate surface area is 84.7 Å². The summed E-state index contributed by atoms with van der Waals surface area (Å²) in [5.41, 5.74) is 14.1. The van der Waals surface area contributed by atoms with E-state index in [1.165, 1.54) is 0 Å². The van der Waals surface area contributed by atoms with Crippen LogP contribution < -0.4 is 11.5 Å². The number of aliphatic hydroxyl groups excluding tert-OH is 1. The molecule has 0 aliphatic carbocycles. The fourth-order valence-electron chi connectivity index (χ4n) is 1.55. The first-order chi connectivity index (χ1) is 6.49. The molecule has 0 unspecified atom stereocenters. The molecule has 0 spiro atoms. The summed E-state index contributed by atoms with van der Waals surface area (Å²) in [6.07, 6.45) is 0.515. The van der Waals surface area contributed by atoms with Crippen molar-refractivity contribution in [2.75, 3.05) is 12.3 Å². The molecule has 0 heterocycles. The molecule has 0 fully saturated rings. The summed E-state index contributed by atoms with van der Waals surface area (Å²) < 4.78 is 0. The van der Waals surface area contributed by atoms with Gasteiger partial charge in [0.1, 0.15) is 0 Å². The standard InChI is InChI=1S/C11H18N2O/c1-8-4-3-5-9(10(8)12)11(2,13)6-7-14/h3-5,14H,6-7,12-13H2,1-2H3/t11-/m0/s1. The first-order valence-electron chi connectivity index (χ1n) is 4.74. The van der Waals surface area contributed by atoms with Gasteiger partial charge in [-0.3, -0.25) is 0 Å². The SMILES string of the molecule is Cc1cccc([C@@](C)(N)CCO)c1N. The average Bonchev–Trinajstić information content (AvgIpc) is 2.09. The van der Waals surface area contributed by atoms with Crippen molar-refractivity contribution in [2.45, 2.75) is 25.8 Å². The molecule has 0 saturated carbocycles. The van der Waals surface area contributed by atoms with Crippen molar-refractivity contribution >= 4 is 5.69 Å². The van der Waals surface area contributed by atoms with Crippen LogP contribution in [0.1, 0.15) is 24.5 Å². The van der Waals surface area contributed by atoms with Crippen LogP contribution >= 0.6 is 0 Å². The Morgan fingerprint density at radius 3 is 2.64 bits per heavy atom. The van der Waals surface area contributed by atoms with Crippen LogP contribution in [0.15, 0.2) is 18.2 Å². The molecule has 1 aromatic carbocycles. The lowest BCUT2D eigenvalue weighted by molar-refractivity contribution is 0.247. The van der Waals surface area contributed by atoms with Gasteiger partial charge in [0.25, 0.3) is 0 Å². The molecule has 0 aliphatic heterocycles. The lowest BCUT2D eigenvalue weighted by Crippen LogP contribution is -2.35. The number of nitrogens with two attached hydrogens (primary N) is 2. The van der Waals surface area contributed by atoms with Crippen molar-refractivity contribution in [3.8, 4) is 0 Å². The van der Waals surface area contributed by atoms with Gasteiger partial charge in [0, 0.05) is 17.8 Å². The molecular weight excluding hydrogens is 176 g/mol. The summed E-state index contributed by atoms with van der Waals surface area (Å²) in [6.45, 7) is 3.91. The molecule has 0 amide bonds. The molecule has 1 aromatic rings.